The average molecular weight is 337 g/mol. The number of hydrogen-bond donors (Lipinski definition) is 2. The molecule has 2 aromatic rings. The van der Waals surface area contributed by atoms with Gasteiger partial charge in [0.2, 0.25) is 5.91 Å². The van der Waals surface area contributed by atoms with Gasteiger partial charge in [0.25, 0.3) is 0 Å². The maximum atomic E-state index is 12.2. The van der Waals surface area contributed by atoms with Crippen molar-refractivity contribution in [1.82, 2.24) is 4.98 Å². The van der Waals surface area contributed by atoms with Crippen molar-refractivity contribution in [1.29, 1.82) is 0 Å². The molecule has 1 aromatic carbocycles. The molecule has 1 aliphatic rings. The number of benzene rings is 1. The van der Waals surface area contributed by atoms with E-state index in [1.54, 1.807) is 0 Å². The molecule has 4 heteroatoms. The topological polar surface area (TPSA) is 54.0 Å². The SMILES string of the molecule is Cc1ccccc1CC(=O)Nc1ccc(NC2CCCCCC2)cn1. The lowest BCUT2D eigenvalue weighted by molar-refractivity contribution is -0.115. The van der Waals surface area contributed by atoms with Crippen molar-refractivity contribution in [3.63, 3.8) is 0 Å². The molecule has 0 bridgehead atoms. The highest BCUT2D eigenvalue weighted by molar-refractivity contribution is 5.91. The van der Waals surface area contributed by atoms with Gasteiger partial charge in [-0.2, -0.15) is 0 Å². The summed E-state index contributed by atoms with van der Waals surface area (Å²) in [6.45, 7) is 2.02. The zero-order valence-corrected chi connectivity index (χ0v) is 14.9. The zero-order valence-electron chi connectivity index (χ0n) is 14.9. The van der Waals surface area contributed by atoms with Crippen LogP contribution in [0.25, 0.3) is 0 Å². The summed E-state index contributed by atoms with van der Waals surface area (Å²) in [7, 11) is 0. The quantitative estimate of drug-likeness (QED) is 0.777. The number of carbonyl (C=O) groups excluding carboxylic acids is 1. The van der Waals surface area contributed by atoms with E-state index in [4.69, 9.17) is 0 Å². The molecule has 132 valence electrons. The van der Waals surface area contributed by atoms with Crippen LogP contribution in [-0.4, -0.2) is 16.9 Å². The number of amides is 1. The summed E-state index contributed by atoms with van der Waals surface area (Å²) in [5.41, 5.74) is 3.21. The number of aromatic nitrogens is 1. The highest BCUT2D eigenvalue weighted by Crippen LogP contribution is 2.21. The fourth-order valence-electron chi connectivity index (χ4n) is 3.38. The molecule has 1 amide bonds. The Morgan fingerprint density at radius 2 is 1.84 bits per heavy atom. The van der Waals surface area contributed by atoms with Gasteiger partial charge in [-0.1, -0.05) is 49.9 Å². The summed E-state index contributed by atoms with van der Waals surface area (Å²) in [5.74, 6) is 0.566. The van der Waals surface area contributed by atoms with Gasteiger partial charge >= 0.3 is 0 Å². The predicted octanol–water partition coefficient (Wildman–Crippen LogP) is 4.71. The molecular weight excluding hydrogens is 310 g/mol. The second kappa shape index (κ2) is 8.65. The van der Waals surface area contributed by atoms with Crippen LogP contribution in [0.2, 0.25) is 0 Å². The fraction of sp³-hybridized carbons (Fsp3) is 0.429. The van der Waals surface area contributed by atoms with Gasteiger partial charge in [-0.3, -0.25) is 4.79 Å². The number of rotatable bonds is 5. The van der Waals surface area contributed by atoms with Crippen LogP contribution in [0, 0.1) is 6.92 Å². The van der Waals surface area contributed by atoms with Crippen molar-refractivity contribution in [3.8, 4) is 0 Å². The Labute approximate surface area is 150 Å². The molecule has 1 heterocycles. The standard InChI is InChI=1S/C21H27N3O/c1-16-8-6-7-9-17(16)14-21(25)24-20-13-12-19(15-22-20)23-18-10-4-2-3-5-11-18/h6-9,12-13,15,18,23H,2-5,10-11,14H2,1H3,(H,22,24,25). The number of hydrogen-bond acceptors (Lipinski definition) is 3. The maximum Gasteiger partial charge on any atom is 0.229 e. The van der Waals surface area contributed by atoms with E-state index >= 15 is 0 Å². The zero-order chi connectivity index (χ0) is 17.5. The number of pyridine rings is 1. The first-order chi connectivity index (χ1) is 12.2. The normalized spacial score (nSPS) is 15.4. The van der Waals surface area contributed by atoms with Gasteiger partial charge in [-0.05, 0) is 43.0 Å². The molecule has 0 aliphatic heterocycles. The van der Waals surface area contributed by atoms with Crippen molar-refractivity contribution in [3.05, 3.63) is 53.7 Å². The molecule has 25 heavy (non-hydrogen) atoms. The van der Waals surface area contributed by atoms with Gasteiger partial charge in [0.15, 0.2) is 0 Å². The molecule has 3 rings (SSSR count). The molecule has 0 radical (unpaired) electrons. The molecule has 0 saturated heterocycles. The van der Waals surface area contributed by atoms with Crippen LogP contribution >= 0.6 is 0 Å². The first-order valence-corrected chi connectivity index (χ1v) is 9.27. The minimum atomic E-state index is -0.0359. The molecule has 4 nitrogen and oxygen atoms in total. The summed E-state index contributed by atoms with van der Waals surface area (Å²) < 4.78 is 0. The molecule has 1 fully saturated rings. The van der Waals surface area contributed by atoms with Crippen molar-refractivity contribution in [2.45, 2.75) is 57.9 Å². The van der Waals surface area contributed by atoms with Gasteiger partial charge in [0, 0.05) is 6.04 Å². The van der Waals surface area contributed by atoms with Crippen LogP contribution in [0.1, 0.15) is 49.7 Å². The molecule has 1 aromatic heterocycles. The number of anilines is 2. The molecule has 1 aliphatic carbocycles. The van der Waals surface area contributed by atoms with Gasteiger partial charge in [-0.25, -0.2) is 4.98 Å². The summed E-state index contributed by atoms with van der Waals surface area (Å²) in [6.07, 6.45) is 9.95. The van der Waals surface area contributed by atoms with Gasteiger partial charge in [-0.15, -0.1) is 0 Å². The van der Waals surface area contributed by atoms with Crippen molar-refractivity contribution >= 4 is 17.4 Å². The van der Waals surface area contributed by atoms with E-state index in [0.717, 1.165) is 16.8 Å². The third-order valence-electron chi connectivity index (χ3n) is 4.87. The van der Waals surface area contributed by atoms with Crippen LogP contribution in [0.3, 0.4) is 0 Å². The van der Waals surface area contributed by atoms with Crippen molar-refractivity contribution in [2.24, 2.45) is 0 Å². The number of nitrogens with one attached hydrogen (secondary N) is 2. The monoisotopic (exact) mass is 337 g/mol. The highest BCUT2D eigenvalue weighted by Gasteiger charge is 2.12. The minimum Gasteiger partial charge on any atom is -0.381 e. The largest absolute Gasteiger partial charge is 0.381 e. The van der Waals surface area contributed by atoms with Gasteiger partial charge in [0.1, 0.15) is 5.82 Å². The average Bonchev–Trinajstić information content (AvgIpc) is 2.87. The Morgan fingerprint density at radius 3 is 2.52 bits per heavy atom. The Bertz CT molecular complexity index is 689. The Kier molecular flexibility index (Phi) is 6.04. The molecule has 1 saturated carbocycles. The molecule has 0 atom stereocenters. The van der Waals surface area contributed by atoms with Crippen LogP contribution in [0.4, 0.5) is 11.5 Å². The Balaban J connectivity index is 1.53. The number of aryl methyl sites for hydroxylation is 1. The van der Waals surface area contributed by atoms with E-state index in [9.17, 15) is 4.79 Å². The first-order valence-electron chi connectivity index (χ1n) is 9.27. The summed E-state index contributed by atoms with van der Waals surface area (Å²) >= 11 is 0. The smallest absolute Gasteiger partial charge is 0.229 e. The van der Waals surface area contributed by atoms with E-state index in [1.165, 1.54) is 38.5 Å². The lowest BCUT2D eigenvalue weighted by Gasteiger charge is -2.17. The second-order valence-corrected chi connectivity index (χ2v) is 6.92. The van der Waals surface area contributed by atoms with Crippen LogP contribution in [0.15, 0.2) is 42.6 Å². The summed E-state index contributed by atoms with van der Waals surface area (Å²) in [4.78, 5) is 16.6. The Morgan fingerprint density at radius 1 is 1.08 bits per heavy atom. The van der Waals surface area contributed by atoms with Crippen LogP contribution in [0.5, 0.6) is 0 Å². The first kappa shape index (κ1) is 17.5. The van der Waals surface area contributed by atoms with E-state index in [-0.39, 0.29) is 5.91 Å². The van der Waals surface area contributed by atoms with E-state index in [1.807, 2.05) is 49.5 Å². The van der Waals surface area contributed by atoms with Crippen LogP contribution in [-0.2, 0) is 11.2 Å². The van der Waals surface area contributed by atoms with Crippen molar-refractivity contribution < 1.29 is 4.79 Å². The van der Waals surface area contributed by atoms with Gasteiger partial charge < -0.3 is 10.6 Å². The number of carbonyl (C=O) groups is 1. The van der Waals surface area contributed by atoms with E-state index in [0.29, 0.717) is 18.3 Å². The molecule has 0 unspecified atom stereocenters. The molecular formula is C21H27N3O. The minimum absolute atomic E-state index is 0.0359. The predicted molar refractivity (Wildman–Crippen MR) is 103 cm³/mol. The van der Waals surface area contributed by atoms with Crippen LogP contribution < -0.4 is 10.6 Å². The van der Waals surface area contributed by atoms with E-state index < -0.39 is 0 Å². The van der Waals surface area contributed by atoms with Crippen molar-refractivity contribution in [2.75, 3.05) is 10.6 Å². The summed E-state index contributed by atoms with van der Waals surface area (Å²) in [6, 6.07) is 12.4. The lowest BCUT2D eigenvalue weighted by Crippen LogP contribution is -2.19. The number of nitrogens with zero attached hydrogens (tertiary/aromatic N) is 1. The Hall–Kier alpha value is -2.36. The molecule has 0 spiro atoms. The van der Waals surface area contributed by atoms with E-state index in [2.05, 4.69) is 15.6 Å². The fourth-order valence-corrected chi connectivity index (χ4v) is 3.38. The molecule has 2 N–H and O–H groups in total. The lowest BCUT2D eigenvalue weighted by atomic mass is 10.1. The third-order valence-corrected chi connectivity index (χ3v) is 4.87. The van der Waals surface area contributed by atoms with Gasteiger partial charge in [0.05, 0.1) is 18.3 Å². The maximum absolute atomic E-state index is 12.2. The second-order valence-electron chi connectivity index (χ2n) is 6.92. The third kappa shape index (κ3) is 5.31. The summed E-state index contributed by atoms with van der Waals surface area (Å²) in [5, 5.41) is 6.45. The highest BCUT2D eigenvalue weighted by atomic mass is 16.1.